The first kappa shape index (κ1) is 28.5. The predicted octanol–water partition coefficient (Wildman–Crippen LogP) is 7.67. The van der Waals surface area contributed by atoms with Gasteiger partial charge in [0.15, 0.2) is 17.3 Å². The van der Waals surface area contributed by atoms with Crippen molar-refractivity contribution in [3.63, 3.8) is 0 Å². The predicted molar refractivity (Wildman–Crippen MR) is 164 cm³/mol. The molecule has 1 unspecified atom stereocenters. The second-order valence-electron chi connectivity index (χ2n) is 11.0. The highest BCUT2D eigenvalue weighted by atomic mass is 79.9. The maximum Gasteiger partial charge on any atom is 0.164 e. The molecule has 41 heavy (non-hydrogen) atoms. The number of amidine groups is 1. The zero-order valence-corrected chi connectivity index (χ0v) is 25.3. The summed E-state index contributed by atoms with van der Waals surface area (Å²) in [5, 5.41) is 21.6. The molecule has 0 saturated heterocycles. The molecule has 2 N–H and O–H groups in total. The second kappa shape index (κ2) is 11.1. The molecule has 0 radical (unpaired) electrons. The lowest BCUT2D eigenvalue weighted by atomic mass is 9.67. The molecule has 3 aromatic carbocycles. The van der Waals surface area contributed by atoms with Crippen LogP contribution in [0.5, 0.6) is 17.2 Å². The van der Waals surface area contributed by atoms with Crippen LogP contribution < -0.4 is 19.1 Å². The minimum atomic E-state index is -0.767. The van der Waals surface area contributed by atoms with Crippen LogP contribution in [-0.2, 0) is 4.79 Å². The van der Waals surface area contributed by atoms with Crippen molar-refractivity contribution < 1.29 is 24.1 Å². The second-order valence-corrected chi connectivity index (χ2v) is 11.9. The van der Waals surface area contributed by atoms with Crippen molar-refractivity contribution in [2.75, 3.05) is 26.2 Å². The Hall–Kier alpha value is -4.04. The van der Waals surface area contributed by atoms with E-state index in [9.17, 15) is 15.3 Å². The molecule has 0 fully saturated rings. The van der Waals surface area contributed by atoms with E-state index in [0.717, 1.165) is 15.9 Å². The third-order valence-corrected chi connectivity index (χ3v) is 8.15. The van der Waals surface area contributed by atoms with Crippen LogP contribution in [-0.4, -0.2) is 38.1 Å². The van der Waals surface area contributed by atoms with E-state index >= 15 is 0 Å². The fraction of sp³-hybridized carbons (Fsp3) is 0.273. The number of anilines is 1. The van der Waals surface area contributed by atoms with Crippen molar-refractivity contribution in [2.24, 2.45) is 5.41 Å². The number of hydrogen-bond donors (Lipinski definition) is 2. The molecule has 0 saturated carbocycles. The lowest BCUT2D eigenvalue weighted by Gasteiger charge is -2.45. The van der Waals surface area contributed by atoms with E-state index in [1.807, 2.05) is 36.4 Å². The van der Waals surface area contributed by atoms with Gasteiger partial charge in [-0.05, 0) is 60.4 Å². The number of allylic oxidation sites excluding steroid dienone is 2. The maximum atomic E-state index is 14.2. The normalized spacial score (nSPS) is 19.6. The minimum absolute atomic E-state index is 0.0290. The average Bonchev–Trinajstić information content (AvgIpc) is 2.95. The zero-order valence-electron chi connectivity index (χ0n) is 23.7. The number of nitrogens with one attached hydrogen (secondary N) is 1. The summed E-state index contributed by atoms with van der Waals surface area (Å²) >= 11 is 3.56. The number of aliphatic hydroxyl groups excluding tert-OH is 1. The number of benzene rings is 3. The Labute approximate surface area is 248 Å². The molecular weight excluding hydrogens is 584 g/mol. The topological polar surface area (TPSA) is 92.1 Å². The van der Waals surface area contributed by atoms with Crippen LogP contribution in [0.2, 0.25) is 0 Å². The third kappa shape index (κ3) is 5.12. The van der Waals surface area contributed by atoms with Crippen molar-refractivity contribution in [3.05, 3.63) is 99.2 Å². The van der Waals surface area contributed by atoms with Gasteiger partial charge in [-0.3, -0.25) is 15.1 Å². The number of carbonyl (C=O) groups is 1. The fourth-order valence-corrected chi connectivity index (χ4v) is 6.26. The number of rotatable bonds is 6. The molecule has 1 aliphatic carbocycles. The smallest absolute Gasteiger partial charge is 0.164 e. The number of Topliss-reactive ketones (excluding diaryl/α,β-unsaturated/α-hetero) is 1. The van der Waals surface area contributed by atoms with Crippen molar-refractivity contribution >= 4 is 39.0 Å². The van der Waals surface area contributed by atoms with Crippen LogP contribution in [0.25, 0.3) is 5.76 Å². The van der Waals surface area contributed by atoms with E-state index < -0.39 is 5.92 Å². The van der Waals surface area contributed by atoms with Crippen LogP contribution in [0.1, 0.15) is 43.7 Å². The monoisotopic (exact) mass is 616 g/mol. The first-order chi connectivity index (χ1) is 19.6. The number of halogens is 1. The van der Waals surface area contributed by atoms with Crippen molar-refractivity contribution in [1.82, 2.24) is 0 Å². The first-order valence-electron chi connectivity index (χ1n) is 13.3. The molecule has 3 aromatic rings. The van der Waals surface area contributed by atoms with Crippen molar-refractivity contribution in [3.8, 4) is 17.2 Å². The molecule has 5 rings (SSSR count). The molecule has 1 aliphatic heterocycles. The third-order valence-electron chi connectivity index (χ3n) is 7.65. The van der Waals surface area contributed by atoms with Crippen LogP contribution in [0.4, 0.5) is 5.69 Å². The van der Waals surface area contributed by atoms with Crippen LogP contribution in [0, 0.1) is 10.8 Å². The Balaban J connectivity index is 1.89. The van der Waals surface area contributed by atoms with E-state index in [2.05, 4.69) is 29.8 Å². The van der Waals surface area contributed by atoms with Gasteiger partial charge < -0.3 is 19.3 Å². The molecular formula is C33H33BrN2O5. The number of aliphatic hydroxyl groups is 1. The molecule has 0 spiro atoms. The number of carbonyl (C=O) groups excluding carboxylic acids is 1. The van der Waals surface area contributed by atoms with Gasteiger partial charge in [0.25, 0.3) is 0 Å². The molecule has 7 nitrogen and oxygen atoms in total. The standard InChI is InChI=1S/C33H33BrN2O5/c1-33(2)17-24-28(25(37)18-33)27(23-10-7-11-26(40-4)31(23)41-5)29(30(38)19-12-14-22(39-3)15-13-19)32(35)36(24)21-9-6-8-20(34)16-21/h6-16,27,35,38H,17-18H2,1-5H3/b30-29+,35-32?. The van der Waals surface area contributed by atoms with E-state index in [1.54, 1.807) is 56.6 Å². The van der Waals surface area contributed by atoms with Gasteiger partial charge in [-0.15, -0.1) is 0 Å². The first-order valence-corrected chi connectivity index (χ1v) is 14.1. The van der Waals surface area contributed by atoms with Crippen LogP contribution in [0.15, 0.2) is 88.0 Å². The fourth-order valence-electron chi connectivity index (χ4n) is 5.87. The van der Waals surface area contributed by atoms with Gasteiger partial charge in [0.2, 0.25) is 0 Å². The number of para-hydroxylation sites is 1. The summed E-state index contributed by atoms with van der Waals surface area (Å²) in [6.45, 7) is 4.14. The summed E-state index contributed by atoms with van der Waals surface area (Å²) in [6.07, 6.45) is 0.910. The Morgan fingerprint density at radius 3 is 2.32 bits per heavy atom. The number of methoxy groups -OCH3 is 3. The maximum absolute atomic E-state index is 14.2. The van der Waals surface area contributed by atoms with Crippen molar-refractivity contribution in [2.45, 2.75) is 32.6 Å². The highest BCUT2D eigenvalue weighted by Crippen LogP contribution is 2.53. The zero-order chi connectivity index (χ0) is 29.5. The summed E-state index contributed by atoms with van der Waals surface area (Å²) in [4.78, 5) is 16.0. The van der Waals surface area contributed by atoms with Gasteiger partial charge in [0.1, 0.15) is 17.3 Å². The Bertz CT molecular complexity index is 1590. The summed E-state index contributed by atoms with van der Waals surface area (Å²) in [5.74, 6) is 0.775. The van der Waals surface area contributed by atoms with Gasteiger partial charge >= 0.3 is 0 Å². The van der Waals surface area contributed by atoms with Gasteiger partial charge in [-0.25, -0.2) is 0 Å². The Morgan fingerprint density at radius 2 is 1.68 bits per heavy atom. The molecule has 0 aromatic heterocycles. The van der Waals surface area contributed by atoms with E-state index in [-0.39, 0.29) is 22.8 Å². The molecule has 0 amide bonds. The molecule has 1 atom stereocenters. The Morgan fingerprint density at radius 1 is 0.976 bits per heavy atom. The molecule has 1 heterocycles. The SMILES string of the molecule is COc1ccc(/C(O)=C2\C(=N)N(c3cccc(Br)c3)C3=C(C(=O)CC(C)(C)C3)C2c2cccc(OC)c2OC)cc1. The largest absolute Gasteiger partial charge is 0.507 e. The van der Waals surface area contributed by atoms with Gasteiger partial charge in [-0.2, -0.15) is 0 Å². The van der Waals surface area contributed by atoms with Gasteiger partial charge in [0.05, 0.1) is 27.2 Å². The number of ketones is 1. The average molecular weight is 618 g/mol. The summed E-state index contributed by atoms with van der Waals surface area (Å²) < 4.78 is 17.6. The molecule has 8 heteroatoms. The minimum Gasteiger partial charge on any atom is -0.507 e. The quantitative estimate of drug-likeness (QED) is 0.276. The lowest BCUT2D eigenvalue weighted by molar-refractivity contribution is -0.118. The van der Waals surface area contributed by atoms with E-state index in [0.29, 0.717) is 52.4 Å². The molecule has 0 bridgehead atoms. The summed E-state index contributed by atoms with van der Waals surface area (Å²) in [7, 11) is 4.69. The van der Waals surface area contributed by atoms with Gasteiger partial charge in [0, 0.05) is 44.6 Å². The number of ether oxygens (including phenoxy) is 3. The summed E-state index contributed by atoms with van der Waals surface area (Å²) in [5.41, 5.74) is 3.13. The number of nitrogens with zero attached hydrogens (tertiary/aromatic N) is 1. The van der Waals surface area contributed by atoms with Gasteiger partial charge in [-0.1, -0.05) is 48.0 Å². The lowest BCUT2D eigenvalue weighted by Crippen LogP contribution is -2.45. The molecule has 2 aliphatic rings. The molecule has 212 valence electrons. The highest BCUT2D eigenvalue weighted by molar-refractivity contribution is 9.10. The summed E-state index contributed by atoms with van der Waals surface area (Å²) in [6, 6.07) is 20.1. The number of hydrogen-bond acceptors (Lipinski definition) is 6. The van der Waals surface area contributed by atoms with Crippen LogP contribution >= 0.6 is 15.9 Å². The van der Waals surface area contributed by atoms with E-state index in [1.165, 1.54) is 0 Å². The van der Waals surface area contributed by atoms with Crippen LogP contribution in [0.3, 0.4) is 0 Å². The Kier molecular flexibility index (Phi) is 7.70. The highest BCUT2D eigenvalue weighted by Gasteiger charge is 2.47. The van der Waals surface area contributed by atoms with E-state index in [4.69, 9.17) is 14.2 Å². The van der Waals surface area contributed by atoms with Crippen molar-refractivity contribution in [1.29, 1.82) is 5.41 Å².